The smallest absolute Gasteiger partial charge is 0.258 e. The molecule has 0 saturated carbocycles. The van der Waals surface area contributed by atoms with E-state index in [0.717, 1.165) is 17.7 Å². The highest BCUT2D eigenvalue weighted by atomic mass is 19.1. The van der Waals surface area contributed by atoms with Gasteiger partial charge in [-0.3, -0.25) is 9.36 Å². The summed E-state index contributed by atoms with van der Waals surface area (Å²) in [6, 6.07) is 18.1. The molecule has 4 nitrogen and oxygen atoms in total. The third-order valence-electron chi connectivity index (χ3n) is 5.72. The molecular formula is C25H27FN2O2. The van der Waals surface area contributed by atoms with E-state index >= 15 is 0 Å². The maximum atomic E-state index is 13.0. The van der Waals surface area contributed by atoms with Crippen LogP contribution in [0.2, 0.25) is 0 Å². The first-order valence-corrected chi connectivity index (χ1v) is 10.5. The highest BCUT2D eigenvalue weighted by molar-refractivity contribution is 5.36. The topological polar surface area (TPSA) is 34.5 Å². The van der Waals surface area contributed by atoms with Crippen molar-refractivity contribution in [3.05, 3.63) is 94.2 Å². The standard InChI is InChI=1S/C25H27FN2O2/c1-19(27-13-2-3-14-27)16-20-6-10-23(11-7-20)28-15-12-24(17-25(28)29)30-18-21-4-8-22(26)9-5-21/h4-12,15,17,19H,2-3,13-14,16,18H2,1H3. The summed E-state index contributed by atoms with van der Waals surface area (Å²) in [6.45, 7) is 4.97. The van der Waals surface area contributed by atoms with Crippen LogP contribution < -0.4 is 10.3 Å². The van der Waals surface area contributed by atoms with Crippen LogP contribution in [0.15, 0.2) is 71.7 Å². The van der Waals surface area contributed by atoms with Crippen molar-refractivity contribution < 1.29 is 9.13 Å². The van der Waals surface area contributed by atoms with Crippen molar-refractivity contribution in [3.63, 3.8) is 0 Å². The molecule has 1 aliphatic rings. The van der Waals surface area contributed by atoms with Crippen LogP contribution in [-0.2, 0) is 13.0 Å². The Morgan fingerprint density at radius 2 is 1.63 bits per heavy atom. The van der Waals surface area contributed by atoms with Crippen LogP contribution >= 0.6 is 0 Å². The van der Waals surface area contributed by atoms with Gasteiger partial charge in [0.25, 0.3) is 5.56 Å². The number of benzene rings is 2. The quantitative estimate of drug-likeness (QED) is 0.576. The van der Waals surface area contributed by atoms with Crippen molar-refractivity contribution in [2.75, 3.05) is 13.1 Å². The van der Waals surface area contributed by atoms with E-state index < -0.39 is 0 Å². The number of halogens is 1. The normalized spacial score (nSPS) is 15.3. The number of hydrogen-bond donors (Lipinski definition) is 0. The maximum absolute atomic E-state index is 13.0. The van der Waals surface area contributed by atoms with Gasteiger partial charge in [0.1, 0.15) is 18.2 Å². The zero-order valence-corrected chi connectivity index (χ0v) is 17.3. The molecule has 1 aliphatic heterocycles. The van der Waals surface area contributed by atoms with Gasteiger partial charge in [0, 0.05) is 24.0 Å². The summed E-state index contributed by atoms with van der Waals surface area (Å²) in [4.78, 5) is 15.1. The first-order chi connectivity index (χ1) is 14.6. The molecule has 2 aromatic carbocycles. The number of nitrogens with zero attached hydrogens (tertiary/aromatic N) is 2. The molecule has 1 fully saturated rings. The summed E-state index contributed by atoms with van der Waals surface area (Å²) < 4.78 is 20.3. The lowest BCUT2D eigenvalue weighted by atomic mass is 10.1. The van der Waals surface area contributed by atoms with Gasteiger partial charge in [0.15, 0.2) is 0 Å². The molecule has 0 aliphatic carbocycles. The Labute approximate surface area is 176 Å². The molecule has 1 aromatic heterocycles. The summed E-state index contributed by atoms with van der Waals surface area (Å²) in [5.41, 5.74) is 2.82. The minimum absolute atomic E-state index is 0.148. The Morgan fingerprint density at radius 3 is 2.30 bits per heavy atom. The van der Waals surface area contributed by atoms with E-state index in [1.807, 2.05) is 12.1 Å². The van der Waals surface area contributed by atoms with Crippen LogP contribution in [0.25, 0.3) is 5.69 Å². The minimum Gasteiger partial charge on any atom is -0.489 e. The SMILES string of the molecule is CC(Cc1ccc(-n2ccc(OCc3ccc(F)cc3)cc2=O)cc1)N1CCCC1. The summed E-state index contributed by atoms with van der Waals surface area (Å²) in [5.74, 6) is 0.217. The van der Waals surface area contributed by atoms with E-state index in [1.165, 1.54) is 49.7 Å². The number of hydrogen-bond acceptors (Lipinski definition) is 3. The molecule has 0 bridgehead atoms. The average molecular weight is 407 g/mol. The van der Waals surface area contributed by atoms with Crippen LogP contribution in [0.3, 0.4) is 0 Å². The molecule has 2 heterocycles. The highest BCUT2D eigenvalue weighted by Crippen LogP contribution is 2.17. The van der Waals surface area contributed by atoms with Crippen molar-refractivity contribution in [1.82, 2.24) is 9.47 Å². The van der Waals surface area contributed by atoms with Gasteiger partial charge in [-0.05, 0) is 80.7 Å². The fourth-order valence-electron chi connectivity index (χ4n) is 3.96. The lowest BCUT2D eigenvalue weighted by molar-refractivity contribution is 0.257. The zero-order valence-electron chi connectivity index (χ0n) is 17.3. The van der Waals surface area contributed by atoms with Gasteiger partial charge >= 0.3 is 0 Å². The van der Waals surface area contributed by atoms with Crippen LogP contribution in [0.5, 0.6) is 5.75 Å². The van der Waals surface area contributed by atoms with E-state index in [-0.39, 0.29) is 18.0 Å². The highest BCUT2D eigenvalue weighted by Gasteiger charge is 2.18. The van der Waals surface area contributed by atoms with Crippen molar-refractivity contribution in [1.29, 1.82) is 0 Å². The van der Waals surface area contributed by atoms with Gasteiger partial charge in [-0.15, -0.1) is 0 Å². The van der Waals surface area contributed by atoms with Crippen molar-refractivity contribution in [2.24, 2.45) is 0 Å². The molecule has 156 valence electrons. The monoisotopic (exact) mass is 406 g/mol. The van der Waals surface area contributed by atoms with Gasteiger partial charge < -0.3 is 9.64 Å². The van der Waals surface area contributed by atoms with E-state index in [2.05, 4.69) is 24.0 Å². The van der Waals surface area contributed by atoms with E-state index in [9.17, 15) is 9.18 Å². The summed E-state index contributed by atoms with van der Waals surface area (Å²) >= 11 is 0. The summed E-state index contributed by atoms with van der Waals surface area (Å²) in [7, 11) is 0. The van der Waals surface area contributed by atoms with Crippen LogP contribution in [0, 0.1) is 5.82 Å². The van der Waals surface area contributed by atoms with Gasteiger partial charge in [0.05, 0.1) is 0 Å². The number of rotatable bonds is 7. The Hall–Kier alpha value is -2.92. The lowest BCUT2D eigenvalue weighted by Gasteiger charge is -2.23. The predicted molar refractivity (Wildman–Crippen MR) is 117 cm³/mol. The van der Waals surface area contributed by atoms with Crippen molar-refractivity contribution >= 4 is 0 Å². The third kappa shape index (κ3) is 4.97. The molecule has 1 unspecified atom stereocenters. The van der Waals surface area contributed by atoms with Gasteiger partial charge in [-0.1, -0.05) is 24.3 Å². The molecule has 3 aromatic rings. The first-order valence-electron chi connectivity index (χ1n) is 10.5. The second-order valence-electron chi connectivity index (χ2n) is 7.95. The molecule has 0 N–H and O–H groups in total. The molecule has 4 rings (SSSR count). The maximum Gasteiger partial charge on any atom is 0.258 e. The minimum atomic E-state index is -0.280. The number of likely N-dealkylation sites (tertiary alicyclic amines) is 1. The fraction of sp³-hybridized carbons (Fsp3) is 0.320. The number of ether oxygens (including phenoxy) is 1. The Balaban J connectivity index is 1.39. The largest absolute Gasteiger partial charge is 0.489 e. The Bertz CT molecular complexity index is 1020. The van der Waals surface area contributed by atoms with Crippen LogP contribution in [0.4, 0.5) is 4.39 Å². The molecule has 0 spiro atoms. The lowest BCUT2D eigenvalue weighted by Crippen LogP contribution is -2.31. The summed E-state index contributed by atoms with van der Waals surface area (Å²) in [5, 5.41) is 0. The van der Waals surface area contributed by atoms with E-state index in [0.29, 0.717) is 11.8 Å². The Kier molecular flexibility index (Phi) is 6.29. The zero-order chi connectivity index (χ0) is 20.9. The predicted octanol–water partition coefficient (Wildman–Crippen LogP) is 4.58. The number of pyridine rings is 1. The van der Waals surface area contributed by atoms with Gasteiger partial charge in [0.2, 0.25) is 0 Å². The van der Waals surface area contributed by atoms with E-state index in [1.54, 1.807) is 29.0 Å². The first kappa shape index (κ1) is 20.4. The van der Waals surface area contributed by atoms with Crippen LogP contribution in [-0.4, -0.2) is 28.6 Å². The van der Waals surface area contributed by atoms with Crippen LogP contribution in [0.1, 0.15) is 30.9 Å². The Morgan fingerprint density at radius 1 is 0.967 bits per heavy atom. The molecule has 1 atom stereocenters. The molecule has 0 amide bonds. The molecular weight excluding hydrogens is 379 g/mol. The summed E-state index contributed by atoms with van der Waals surface area (Å²) in [6.07, 6.45) is 5.35. The van der Waals surface area contributed by atoms with Crippen molar-refractivity contribution in [2.45, 2.75) is 38.8 Å². The molecule has 5 heteroatoms. The molecule has 1 saturated heterocycles. The van der Waals surface area contributed by atoms with E-state index in [4.69, 9.17) is 4.74 Å². The van der Waals surface area contributed by atoms with Gasteiger partial charge in [-0.25, -0.2) is 4.39 Å². The second kappa shape index (κ2) is 9.26. The van der Waals surface area contributed by atoms with Crippen molar-refractivity contribution in [3.8, 4) is 11.4 Å². The second-order valence-corrected chi connectivity index (χ2v) is 7.95. The third-order valence-corrected chi connectivity index (χ3v) is 5.72. The molecule has 0 radical (unpaired) electrons. The molecule has 30 heavy (non-hydrogen) atoms. The fourth-order valence-corrected chi connectivity index (χ4v) is 3.96. The number of aromatic nitrogens is 1. The van der Waals surface area contributed by atoms with Gasteiger partial charge in [-0.2, -0.15) is 0 Å². The average Bonchev–Trinajstić information content (AvgIpc) is 3.29.